The number of carbonyl (C=O) groups is 1. The van der Waals surface area contributed by atoms with Crippen LogP contribution in [0.25, 0.3) is 0 Å². The van der Waals surface area contributed by atoms with Crippen LogP contribution in [0.5, 0.6) is 0 Å². The molecule has 3 nitrogen and oxygen atoms in total. The van der Waals surface area contributed by atoms with Crippen molar-refractivity contribution in [3.8, 4) is 0 Å². The number of hydrogen-bond acceptors (Lipinski definition) is 2. The topological polar surface area (TPSA) is 40.5 Å². The molecule has 0 bridgehead atoms. The second-order valence-electron chi connectivity index (χ2n) is 4.69. The number of hydrogen-bond donors (Lipinski definition) is 1. The van der Waals surface area contributed by atoms with Gasteiger partial charge in [0.15, 0.2) is 0 Å². The molecule has 1 heterocycles. The Morgan fingerprint density at radius 1 is 1.60 bits per heavy atom. The Kier molecular flexibility index (Phi) is 4.59. The summed E-state index contributed by atoms with van der Waals surface area (Å²) in [5.74, 6) is 0.812. The second kappa shape index (κ2) is 5.30. The zero-order chi connectivity index (χ0) is 11.6. The van der Waals surface area contributed by atoms with Crippen molar-refractivity contribution in [2.75, 3.05) is 13.2 Å². The molecule has 0 aliphatic carbocycles. The fraction of sp³-hybridized carbons (Fsp3) is 0.909. The lowest BCUT2D eigenvalue weighted by atomic mass is 10.0. The van der Waals surface area contributed by atoms with Gasteiger partial charge in [-0.2, -0.15) is 0 Å². The number of aliphatic hydroxyl groups excluding tert-OH is 1. The highest BCUT2D eigenvalue weighted by Gasteiger charge is 2.36. The molecule has 1 saturated heterocycles. The zero-order valence-electron chi connectivity index (χ0n) is 9.61. The van der Waals surface area contributed by atoms with E-state index in [2.05, 4.69) is 22.9 Å². The van der Waals surface area contributed by atoms with E-state index in [1.807, 2.05) is 18.7 Å². The van der Waals surface area contributed by atoms with Gasteiger partial charge < -0.3 is 10.0 Å². The SMILES string of the molecule is CC(C)C(Br)C(=O)N1CCC(C)C1CO. The molecule has 0 aromatic rings. The highest BCUT2D eigenvalue weighted by Crippen LogP contribution is 2.26. The van der Waals surface area contributed by atoms with E-state index in [0.29, 0.717) is 5.92 Å². The van der Waals surface area contributed by atoms with E-state index < -0.39 is 0 Å². The Balaban J connectivity index is 2.67. The summed E-state index contributed by atoms with van der Waals surface area (Å²) in [7, 11) is 0. The van der Waals surface area contributed by atoms with Gasteiger partial charge in [-0.1, -0.05) is 36.7 Å². The Hall–Kier alpha value is -0.0900. The molecule has 1 amide bonds. The van der Waals surface area contributed by atoms with E-state index in [9.17, 15) is 9.90 Å². The normalized spacial score (nSPS) is 28.5. The molecule has 0 saturated carbocycles. The molecule has 0 spiro atoms. The minimum Gasteiger partial charge on any atom is -0.394 e. The van der Waals surface area contributed by atoms with Crippen LogP contribution in [-0.4, -0.2) is 39.9 Å². The highest BCUT2D eigenvalue weighted by molar-refractivity contribution is 9.10. The summed E-state index contributed by atoms with van der Waals surface area (Å²) in [5.41, 5.74) is 0. The summed E-state index contributed by atoms with van der Waals surface area (Å²) >= 11 is 3.42. The molecule has 1 aliphatic heterocycles. The van der Waals surface area contributed by atoms with E-state index in [1.165, 1.54) is 0 Å². The van der Waals surface area contributed by atoms with Gasteiger partial charge in [-0.15, -0.1) is 0 Å². The van der Waals surface area contributed by atoms with Crippen LogP contribution in [0.15, 0.2) is 0 Å². The predicted molar refractivity (Wildman–Crippen MR) is 63.9 cm³/mol. The third-order valence-electron chi connectivity index (χ3n) is 3.17. The summed E-state index contributed by atoms with van der Waals surface area (Å²) in [6.07, 6.45) is 0.995. The van der Waals surface area contributed by atoms with E-state index in [1.54, 1.807) is 0 Å². The van der Waals surface area contributed by atoms with Gasteiger partial charge >= 0.3 is 0 Å². The van der Waals surface area contributed by atoms with Crippen LogP contribution < -0.4 is 0 Å². The summed E-state index contributed by atoms with van der Waals surface area (Å²) in [4.78, 5) is 13.8. The van der Waals surface area contributed by atoms with E-state index >= 15 is 0 Å². The first kappa shape index (κ1) is 13.0. The Bertz CT molecular complexity index is 233. The molecule has 0 aromatic heterocycles. The third-order valence-corrected chi connectivity index (χ3v) is 4.62. The Morgan fingerprint density at radius 3 is 2.67 bits per heavy atom. The van der Waals surface area contributed by atoms with Crippen LogP contribution in [0.4, 0.5) is 0 Å². The fourth-order valence-electron chi connectivity index (χ4n) is 2.00. The van der Waals surface area contributed by atoms with Crippen molar-refractivity contribution in [1.29, 1.82) is 0 Å². The summed E-state index contributed by atoms with van der Waals surface area (Å²) in [6.45, 7) is 6.98. The molecule has 1 aliphatic rings. The van der Waals surface area contributed by atoms with Gasteiger partial charge in [0.2, 0.25) is 5.91 Å². The van der Waals surface area contributed by atoms with Gasteiger partial charge in [-0.25, -0.2) is 0 Å². The predicted octanol–water partition coefficient (Wildman–Crippen LogP) is 1.64. The van der Waals surface area contributed by atoms with Gasteiger partial charge in [-0.3, -0.25) is 4.79 Å². The lowest BCUT2D eigenvalue weighted by Crippen LogP contribution is -2.44. The summed E-state index contributed by atoms with van der Waals surface area (Å²) in [5, 5.41) is 9.27. The molecule has 88 valence electrons. The number of alkyl halides is 1. The average molecular weight is 278 g/mol. The van der Waals surface area contributed by atoms with Crippen molar-refractivity contribution in [2.24, 2.45) is 11.8 Å². The van der Waals surface area contributed by atoms with Gasteiger partial charge in [0.25, 0.3) is 0 Å². The van der Waals surface area contributed by atoms with Crippen molar-refractivity contribution in [2.45, 2.75) is 38.1 Å². The lowest BCUT2D eigenvalue weighted by Gasteiger charge is -2.28. The zero-order valence-corrected chi connectivity index (χ0v) is 11.2. The second-order valence-corrected chi connectivity index (χ2v) is 5.68. The molecule has 0 aromatic carbocycles. The summed E-state index contributed by atoms with van der Waals surface area (Å²) in [6, 6.07) is 0.0105. The van der Waals surface area contributed by atoms with E-state index in [-0.39, 0.29) is 29.3 Å². The minimum atomic E-state index is -0.128. The maximum Gasteiger partial charge on any atom is 0.236 e. The molecule has 3 atom stereocenters. The smallest absolute Gasteiger partial charge is 0.236 e. The third kappa shape index (κ3) is 2.72. The monoisotopic (exact) mass is 277 g/mol. The van der Waals surface area contributed by atoms with Crippen LogP contribution in [0.1, 0.15) is 27.2 Å². The van der Waals surface area contributed by atoms with Crippen molar-refractivity contribution < 1.29 is 9.90 Å². The number of aliphatic hydroxyl groups is 1. The van der Waals surface area contributed by atoms with Crippen molar-refractivity contribution in [3.05, 3.63) is 0 Å². The summed E-state index contributed by atoms with van der Waals surface area (Å²) < 4.78 is 0. The van der Waals surface area contributed by atoms with Crippen LogP contribution in [0, 0.1) is 11.8 Å². The lowest BCUT2D eigenvalue weighted by molar-refractivity contribution is -0.133. The van der Waals surface area contributed by atoms with Crippen LogP contribution in [0.3, 0.4) is 0 Å². The van der Waals surface area contributed by atoms with Gasteiger partial charge in [0.1, 0.15) is 0 Å². The number of nitrogens with zero attached hydrogens (tertiary/aromatic N) is 1. The number of amides is 1. The van der Waals surface area contributed by atoms with Crippen molar-refractivity contribution in [3.63, 3.8) is 0 Å². The molecular weight excluding hydrogens is 258 g/mol. The number of carbonyl (C=O) groups excluding carboxylic acids is 1. The molecule has 0 radical (unpaired) electrons. The van der Waals surface area contributed by atoms with Gasteiger partial charge in [-0.05, 0) is 18.3 Å². The maximum atomic E-state index is 12.1. The molecule has 1 rings (SSSR count). The Labute approximate surface area is 100.0 Å². The average Bonchev–Trinajstić information content (AvgIpc) is 2.57. The molecule has 1 fully saturated rings. The highest BCUT2D eigenvalue weighted by atomic mass is 79.9. The molecule has 4 heteroatoms. The van der Waals surface area contributed by atoms with Crippen molar-refractivity contribution >= 4 is 21.8 Å². The standard InChI is InChI=1S/C11H20BrNO2/c1-7(2)10(12)11(15)13-5-4-8(3)9(13)6-14/h7-10,14H,4-6H2,1-3H3. The first-order chi connectivity index (χ1) is 6.99. The fourth-order valence-corrected chi connectivity index (χ4v) is 2.27. The van der Waals surface area contributed by atoms with Crippen LogP contribution in [0.2, 0.25) is 0 Å². The molecule has 3 unspecified atom stereocenters. The van der Waals surface area contributed by atoms with Gasteiger partial charge in [0.05, 0.1) is 17.5 Å². The van der Waals surface area contributed by atoms with Crippen LogP contribution in [-0.2, 0) is 4.79 Å². The number of halogens is 1. The first-order valence-corrected chi connectivity index (χ1v) is 6.46. The number of likely N-dealkylation sites (tertiary alicyclic amines) is 1. The molecule has 1 N–H and O–H groups in total. The van der Waals surface area contributed by atoms with E-state index in [4.69, 9.17) is 0 Å². The number of rotatable bonds is 3. The minimum absolute atomic E-state index is 0.0105. The maximum absolute atomic E-state index is 12.1. The van der Waals surface area contributed by atoms with Crippen molar-refractivity contribution in [1.82, 2.24) is 4.90 Å². The molecular formula is C11H20BrNO2. The first-order valence-electron chi connectivity index (χ1n) is 5.54. The molecule has 15 heavy (non-hydrogen) atoms. The largest absolute Gasteiger partial charge is 0.394 e. The van der Waals surface area contributed by atoms with Crippen LogP contribution >= 0.6 is 15.9 Å². The van der Waals surface area contributed by atoms with Gasteiger partial charge in [0, 0.05) is 6.54 Å². The van der Waals surface area contributed by atoms with E-state index in [0.717, 1.165) is 13.0 Å². The Morgan fingerprint density at radius 2 is 2.20 bits per heavy atom. The quantitative estimate of drug-likeness (QED) is 0.797.